The van der Waals surface area contributed by atoms with Crippen molar-refractivity contribution in [3.63, 3.8) is 0 Å². The molecule has 0 aromatic heterocycles. The zero-order valence-electron chi connectivity index (χ0n) is 10.9. The minimum atomic E-state index is 0.325. The summed E-state index contributed by atoms with van der Waals surface area (Å²) in [5, 5.41) is 4.02. The van der Waals surface area contributed by atoms with Gasteiger partial charge in [-0.05, 0) is 38.1 Å². The van der Waals surface area contributed by atoms with E-state index in [1.165, 1.54) is 0 Å². The SMILES string of the molecule is CNC(COc1cc(Cl)ccc1C)C1CCOC1. The lowest BCUT2D eigenvalue weighted by Crippen LogP contribution is -2.39. The summed E-state index contributed by atoms with van der Waals surface area (Å²) >= 11 is 5.98. The molecule has 0 spiro atoms. The van der Waals surface area contributed by atoms with Gasteiger partial charge in [-0.2, -0.15) is 0 Å². The van der Waals surface area contributed by atoms with Crippen LogP contribution in [-0.4, -0.2) is 32.9 Å². The van der Waals surface area contributed by atoms with Crippen LogP contribution in [0.15, 0.2) is 18.2 Å². The first-order valence-corrected chi connectivity index (χ1v) is 6.72. The van der Waals surface area contributed by atoms with Crippen LogP contribution in [0.4, 0.5) is 0 Å². The van der Waals surface area contributed by atoms with E-state index in [1.54, 1.807) is 0 Å². The predicted octanol–water partition coefficient (Wildman–Crippen LogP) is 2.65. The average molecular weight is 270 g/mol. The fourth-order valence-corrected chi connectivity index (χ4v) is 2.40. The van der Waals surface area contributed by atoms with Crippen molar-refractivity contribution in [3.8, 4) is 5.75 Å². The van der Waals surface area contributed by atoms with Crippen molar-refractivity contribution in [2.24, 2.45) is 5.92 Å². The van der Waals surface area contributed by atoms with Crippen molar-refractivity contribution in [1.29, 1.82) is 0 Å². The Balaban J connectivity index is 1.94. The van der Waals surface area contributed by atoms with Crippen LogP contribution in [0, 0.1) is 12.8 Å². The molecule has 1 aromatic carbocycles. The predicted molar refractivity (Wildman–Crippen MR) is 73.5 cm³/mol. The zero-order chi connectivity index (χ0) is 13.0. The second kappa shape index (κ2) is 6.41. The zero-order valence-corrected chi connectivity index (χ0v) is 11.7. The Bertz CT molecular complexity index is 391. The maximum absolute atomic E-state index is 5.98. The molecule has 1 aliphatic heterocycles. The lowest BCUT2D eigenvalue weighted by atomic mass is 10.00. The third-order valence-corrected chi connectivity index (χ3v) is 3.71. The molecule has 2 unspecified atom stereocenters. The van der Waals surface area contributed by atoms with Crippen LogP contribution in [0.1, 0.15) is 12.0 Å². The number of hydrogen-bond acceptors (Lipinski definition) is 3. The van der Waals surface area contributed by atoms with Gasteiger partial charge in [-0.1, -0.05) is 17.7 Å². The number of halogens is 1. The van der Waals surface area contributed by atoms with E-state index in [1.807, 2.05) is 32.2 Å². The standard InChI is InChI=1S/C14H20ClNO2/c1-10-3-4-12(15)7-14(10)18-9-13(16-2)11-5-6-17-8-11/h3-4,7,11,13,16H,5-6,8-9H2,1-2H3. The molecule has 0 saturated carbocycles. The van der Waals surface area contributed by atoms with Crippen molar-refractivity contribution in [1.82, 2.24) is 5.32 Å². The van der Waals surface area contributed by atoms with Gasteiger partial charge >= 0.3 is 0 Å². The highest BCUT2D eigenvalue weighted by Crippen LogP contribution is 2.24. The first-order chi connectivity index (χ1) is 8.70. The molecule has 1 heterocycles. The topological polar surface area (TPSA) is 30.5 Å². The van der Waals surface area contributed by atoms with E-state index in [2.05, 4.69) is 5.32 Å². The van der Waals surface area contributed by atoms with Gasteiger partial charge in [-0.25, -0.2) is 0 Å². The van der Waals surface area contributed by atoms with E-state index in [9.17, 15) is 0 Å². The monoisotopic (exact) mass is 269 g/mol. The van der Waals surface area contributed by atoms with E-state index in [4.69, 9.17) is 21.1 Å². The average Bonchev–Trinajstić information content (AvgIpc) is 2.88. The van der Waals surface area contributed by atoms with Crippen molar-refractivity contribution >= 4 is 11.6 Å². The Morgan fingerprint density at radius 1 is 1.56 bits per heavy atom. The molecule has 0 aliphatic carbocycles. The Labute approximate surface area is 113 Å². The molecule has 4 heteroatoms. The molecule has 18 heavy (non-hydrogen) atoms. The van der Waals surface area contributed by atoms with Gasteiger partial charge in [0.15, 0.2) is 0 Å². The maximum atomic E-state index is 5.98. The van der Waals surface area contributed by atoms with Gasteiger partial charge in [-0.3, -0.25) is 0 Å². The highest BCUT2D eigenvalue weighted by molar-refractivity contribution is 6.30. The van der Waals surface area contributed by atoms with Gasteiger partial charge in [0.25, 0.3) is 0 Å². The normalized spacial score (nSPS) is 20.9. The van der Waals surface area contributed by atoms with Gasteiger partial charge in [0.05, 0.1) is 6.61 Å². The number of nitrogens with one attached hydrogen (secondary N) is 1. The molecule has 100 valence electrons. The van der Waals surface area contributed by atoms with E-state index < -0.39 is 0 Å². The van der Waals surface area contributed by atoms with Crippen LogP contribution in [0.25, 0.3) is 0 Å². The highest BCUT2D eigenvalue weighted by Gasteiger charge is 2.25. The molecule has 1 aliphatic rings. The smallest absolute Gasteiger partial charge is 0.123 e. The Morgan fingerprint density at radius 3 is 3.06 bits per heavy atom. The van der Waals surface area contributed by atoms with E-state index in [0.717, 1.165) is 30.9 Å². The molecule has 1 N–H and O–H groups in total. The van der Waals surface area contributed by atoms with Crippen LogP contribution in [0.2, 0.25) is 5.02 Å². The van der Waals surface area contributed by atoms with Crippen LogP contribution in [0.5, 0.6) is 5.75 Å². The number of ether oxygens (including phenoxy) is 2. The number of hydrogen-bond donors (Lipinski definition) is 1. The van der Waals surface area contributed by atoms with Crippen LogP contribution in [0.3, 0.4) is 0 Å². The van der Waals surface area contributed by atoms with Gasteiger partial charge in [-0.15, -0.1) is 0 Å². The van der Waals surface area contributed by atoms with E-state index in [-0.39, 0.29) is 0 Å². The third kappa shape index (κ3) is 3.37. The van der Waals surface area contributed by atoms with E-state index in [0.29, 0.717) is 23.6 Å². The number of likely N-dealkylation sites (N-methyl/N-ethyl adjacent to an activating group) is 1. The fraction of sp³-hybridized carbons (Fsp3) is 0.571. The quantitative estimate of drug-likeness (QED) is 0.891. The molecule has 0 radical (unpaired) electrons. The first-order valence-electron chi connectivity index (χ1n) is 6.34. The summed E-state index contributed by atoms with van der Waals surface area (Å²) in [4.78, 5) is 0. The molecule has 2 atom stereocenters. The second-order valence-electron chi connectivity index (χ2n) is 4.74. The third-order valence-electron chi connectivity index (χ3n) is 3.47. The summed E-state index contributed by atoms with van der Waals surface area (Å²) in [6, 6.07) is 6.05. The Morgan fingerprint density at radius 2 is 2.39 bits per heavy atom. The largest absolute Gasteiger partial charge is 0.492 e. The van der Waals surface area contributed by atoms with Crippen molar-refractivity contribution in [3.05, 3.63) is 28.8 Å². The molecule has 1 aromatic rings. The number of benzene rings is 1. The van der Waals surface area contributed by atoms with Gasteiger partial charge in [0.1, 0.15) is 12.4 Å². The summed E-state index contributed by atoms with van der Waals surface area (Å²) in [6.45, 7) is 4.35. The number of aryl methyl sites for hydroxylation is 1. The maximum Gasteiger partial charge on any atom is 0.123 e. The van der Waals surface area contributed by atoms with Crippen molar-refractivity contribution < 1.29 is 9.47 Å². The Hall–Kier alpha value is -0.770. The lowest BCUT2D eigenvalue weighted by molar-refractivity contribution is 0.162. The van der Waals surface area contributed by atoms with E-state index >= 15 is 0 Å². The molecule has 2 rings (SSSR count). The van der Waals surface area contributed by atoms with Gasteiger partial charge in [0, 0.05) is 23.6 Å². The Kier molecular flexibility index (Phi) is 4.87. The summed E-state index contributed by atoms with van der Waals surface area (Å²) < 4.78 is 11.3. The van der Waals surface area contributed by atoms with Crippen molar-refractivity contribution in [2.75, 3.05) is 26.9 Å². The minimum Gasteiger partial charge on any atom is -0.492 e. The molecule has 1 saturated heterocycles. The van der Waals surface area contributed by atoms with Crippen LogP contribution in [-0.2, 0) is 4.74 Å². The first kappa shape index (κ1) is 13.7. The summed E-state index contributed by atoms with van der Waals surface area (Å²) in [5.41, 5.74) is 1.11. The highest BCUT2D eigenvalue weighted by atomic mass is 35.5. The summed E-state index contributed by atoms with van der Waals surface area (Å²) in [6.07, 6.45) is 1.10. The molecule has 0 amide bonds. The number of rotatable bonds is 5. The van der Waals surface area contributed by atoms with Gasteiger partial charge in [0.2, 0.25) is 0 Å². The molecular formula is C14H20ClNO2. The van der Waals surface area contributed by atoms with Crippen molar-refractivity contribution in [2.45, 2.75) is 19.4 Å². The molecule has 3 nitrogen and oxygen atoms in total. The fourth-order valence-electron chi connectivity index (χ4n) is 2.23. The molecule has 0 bridgehead atoms. The van der Waals surface area contributed by atoms with Crippen LogP contribution >= 0.6 is 11.6 Å². The summed E-state index contributed by atoms with van der Waals surface area (Å²) in [7, 11) is 1.97. The summed E-state index contributed by atoms with van der Waals surface area (Å²) in [5.74, 6) is 1.40. The molecule has 1 fully saturated rings. The molecular weight excluding hydrogens is 250 g/mol. The van der Waals surface area contributed by atoms with Gasteiger partial charge < -0.3 is 14.8 Å². The minimum absolute atomic E-state index is 0.325. The lowest BCUT2D eigenvalue weighted by Gasteiger charge is -2.22. The second-order valence-corrected chi connectivity index (χ2v) is 5.18. The van der Waals surface area contributed by atoms with Crippen LogP contribution < -0.4 is 10.1 Å².